The molecule has 0 spiro atoms. The highest BCUT2D eigenvalue weighted by Gasteiger charge is 2.28. The zero-order valence-electron chi connectivity index (χ0n) is 10.2. The number of carbonyl (C=O) groups is 1. The molecule has 0 N–H and O–H groups in total. The second kappa shape index (κ2) is 4.74. The summed E-state index contributed by atoms with van der Waals surface area (Å²) in [5.41, 5.74) is 3.58. The molecule has 0 aromatic heterocycles. The van der Waals surface area contributed by atoms with Crippen molar-refractivity contribution < 1.29 is 4.79 Å². The van der Waals surface area contributed by atoms with Gasteiger partial charge in [0.2, 0.25) is 0 Å². The van der Waals surface area contributed by atoms with E-state index in [1.807, 2.05) is 18.2 Å². The number of hydrogen-bond acceptors (Lipinski definition) is 1. The number of Topliss-reactive ketones (excluding diaryl/α,β-unsaturated/α-hetero) is 1. The molecule has 2 heteroatoms. The van der Waals surface area contributed by atoms with Gasteiger partial charge in [0.25, 0.3) is 0 Å². The third-order valence-corrected chi connectivity index (χ3v) is 4.12. The van der Waals surface area contributed by atoms with E-state index in [9.17, 15) is 4.79 Å². The van der Waals surface area contributed by atoms with Crippen LogP contribution in [0.3, 0.4) is 0 Å². The Bertz CT molecular complexity index is 537. The summed E-state index contributed by atoms with van der Waals surface area (Å²) in [6, 6.07) is 8.05. The first kappa shape index (κ1) is 11.7. The summed E-state index contributed by atoms with van der Waals surface area (Å²) in [5.74, 6) is 0.714. The third kappa shape index (κ3) is 2.04. The fourth-order valence-electron chi connectivity index (χ4n) is 2.96. The highest BCUT2D eigenvalue weighted by Crippen LogP contribution is 2.40. The van der Waals surface area contributed by atoms with Gasteiger partial charge in [-0.05, 0) is 37.0 Å². The molecule has 0 aliphatic heterocycles. The molecule has 3 rings (SSSR count). The van der Waals surface area contributed by atoms with Crippen LogP contribution in [0.5, 0.6) is 0 Å². The van der Waals surface area contributed by atoms with Gasteiger partial charge in [0.1, 0.15) is 0 Å². The van der Waals surface area contributed by atoms with Crippen LogP contribution in [0.15, 0.2) is 47.6 Å². The second-order valence-corrected chi connectivity index (χ2v) is 5.38. The second-order valence-electron chi connectivity index (χ2n) is 4.95. The summed E-state index contributed by atoms with van der Waals surface area (Å²) in [5, 5.41) is 0.767. The molecule has 0 saturated heterocycles. The lowest BCUT2D eigenvalue weighted by atomic mass is 9.75. The van der Waals surface area contributed by atoms with Crippen LogP contribution in [-0.4, -0.2) is 5.78 Å². The van der Waals surface area contributed by atoms with Gasteiger partial charge in [-0.25, -0.2) is 0 Å². The van der Waals surface area contributed by atoms with Crippen molar-refractivity contribution >= 4 is 17.4 Å². The topological polar surface area (TPSA) is 17.1 Å². The molecular weight excluding hydrogens is 244 g/mol. The average molecular weight is 259 g/mol. The summed E-state index contributed by atoms with van der Waals surface area (Å²) in [6.45, 7) is 0. The molecule has 2 aliphatic carbocycles. The van der Waals surface area contributed by atoms with Crippen molar-refractivity contribution in [2.45, 2.75) is 31.6 Å². The monoisotopic (exact) mass is 258 g/mol. The van der Waals surface area contributed by atoms with Crippen molar-refractivity contribution in [1.82, 2.24) is 0 Å². The van der Waals surface area contributed by atoms with Gasteiger partial charge in [0.05, 0.1) is 0 Å². The van der Waals surface area contributed by atoms with E-state index in [2.05, 4.69) is 18.2 Å². The lowest BCUT2D eigenvalue weighted by Gasteiger charge is -2.29. The Balaban J connectivity index is 2.02. The number of rotatable bonds is 1. The Morgan fingerprint density at radius 1 is 1.11 bits per heavy atom. The van der Waals surface area contributed by atoms with Gasteiger partial charge in [0.15, 0.2) is 5.78 Å². The number of benzene rings is 1. The maximum absolute atomic E-state index is 11.9. The summed E-state index contributed by atoms with van der Waals surface area (Å²) in [7, 11) is 0. The third-order valence-electron chi connectivity index (χ3n) is 3.86. The lowest BCUT2D eigenvalue weighted by molar-refractivity contribution is -0.115. The van der Waals surface area contributed by atoms with Crippen LogP contribution in [-0.2, 0) is 4.79 Å². The first-order chi connectivity index (χ1) is 8.75. The molecule has 92 valence electrons. The fraction of sp³-hybridized carbons (Fsp3) is 0.312. The smallest absolute Gasteiger partial charge is 0.162 e. The van der Waals surface area contributed by atoms with E-state index in [0.29, 0.717) is 18.1 Å². The van der Waals surface area contributed by atoms with Gasteiger partial charge in [-0.1, -0.05) is 41.5 Å². The van der Waals surface area contributed by atoms with Gasteiger partial charge >= 0.3 is 0 Å². The molecule has 0 saturated carbocycles. The zero-order chi connectivity index (χ0) is 12.5. The molecule has 1 aromatic rings. The van der Waals surface area contributed by atoms with Gasteiger partial charge in [-0.3, -0.25) is 4.79 Å². The Morgan fingerprint density at radius 3 is 2.67 bits per heavy atom. The number of ketones is 1. The molecular formula is C16H15ClO. The van der Waals surface area contributed by atoms with Crippen LogP contribution in [0.2, 0.25) is 5.02 Å². The quantitative estimate of drug-likeness (QED) is 0.728. The number of carbonyl (C=O) groups excluding carboxylic acids is 1. The Morgan fingerprint density at radius 2 is 1.89 bits per heavy atom. The Hall–Kier alpha value is -1.34. The zero-order valence-corrected chi connectivity index (χ0v) is 10.9. The van der Waals surface area contributed by atoms with E-state index in [1.54, 1.807) is 0 Å². The predicted molar refractivity (Wildman–Crippen MR) is 73.8 cm³/mol. The molecule has 2 aliphatic rings. The van der Waals surface area contributed by atoms with Crippen LogP contribution < -0.4 is 0 Å². The van der Waals surface area contributed by atoms with Crippen molar-refractivity contribution in [3.63, 3.8) is 0 Å². The van der Waals surface area contributed by atoms with Crippen LogP contribution in [0.1, 0.15) is 37.2 Å². The number of halogens is 1. The van der Waals surface area contributed by atoms with Crippen molar-refractivity contribution in [2.24, 2.45) is 0 Å². The van der Waals surface area contributed by atoms with Gasteiger partial charge < -0.3 is 0 Å². The highest BCUT2D eigenvalue weighted by molar-refractivity contribution is 6.30. The summed E-state index contributed by atoms with van der Waals surface area (Å²) < 4.78 is 0. The number of allylic oxidation sites excluding steroid dienone is 4. The first-order valence-electron chi connectivity index (χ1n) is 6.44. The summed E-state index contributed by atoms with van der Waals surface area (Å²) >= 11 is 5.93. The molecule has 1 unspecified atom stereocenters. The normalized spacial score (nSPS) is 23.2. The summed E-state index contributed by atoms with van der Waals surface area (Å²) in [6.07, 6.45) is 7.80. The molecule has 0 radical (unpaired) electrons. The minimum Gasteiger partial charge on any atom is -0.294 e. The molecule has 0 fully saturated rings. The maximum Gasteiger partial charge on any atom is 0.162 e. The molecule has 1 nitrogen and oxygen atoms in total. The van der Waals surface area contributed by atoms with Crippen molar-refractivity contribution in [3.05, 3.63) is 58.1 Å². The fourth-order valence-corrected chi connectivity index (χ4v) is 3.09. The minimum absolute atomic E-state index is 0.311. The van der Waals surface area contributed by atoms with Crippen molar-refractivity contribution in [3.8, 4) is 0 Å². The van der Waals surface area contributed by atoms with Gasteiger partial charge in [-0.2, -0.15) is 0 Å². The van der Waals surface area contributed by atoms with Crippen LogP contribution >= 0.6 is 11.6 Å². The van der Waals surface area contributed by atoms with E-state index in [1.165, 1.54) is 11.1 Å². The van der Waals surface area contributed by atoms with Crippen LogP contribution in [0.25, 0.3) is 0 Å². The average Bonchev–Trinajstić information content (AvgIpc) is 2.41. The standard InChI is InChI=1S/C16H15ClO/c17-12-7-5-11(6-8-12)13-9-10-16(18)15-4-2-1-3-14(13)15/h2,4-8,13H,1,3,9-10H2. The molecule has 1 aromatic carbocycles. The van der Waals surface area contributed by atoms with E-state index < -0.39 is 0 Å². The van der Waals surface area contributed by atoms with E-state index in [0.717, 1.165) is 29.9 Å². The SMILES string of the molecule is O=C1CCC(c2ccc(Cl)cc2)C2=C1C=CCC2. The predicted octanol–water partition coefficient (Wildman–Crippen LogP) is 4.43. The Labute approximate surface area is 112 Å². The van der Waals surface area contributed by atoms with E-state index in [4.69, 9.17) is 11.6 Å². The molecule has 18 heavy (non-hydrogen) atoms. The van der Waals surface area contributed by atoms with Crippen molar-refractivity contribution in [1.29, 1.82) is 0 Å². The lowest BCUT2D eigenvalue weighted by Crippen LogP contribution is -2.19. The minimum atomic E-state index is 0.311. The van der Waals surface area contributed by atoms with Crippen LogP contribution in [0, 0.1) is 0 Å². The molecule has 0 amide bonds. The van der Waals surface area contributed by atoms with Crippen molar-refractivity contribution in [2.75, 3.05) is 0 Å². The molecule has 0 heterocycles. The van der Waals surface area contributed by atoms with Crippen LogP contribution in [0.4, 0.5) is 0 Å². The molecule has 1 atom stereocenters. The maximum atomic E-state index is 11.9. The number of hydrogen-bond donors (Lipinski definition) is 0. The van der Waals surface area contributed by atoms with E-state index in [-0.39, 0.29) is 0 Å². The highest BCUT2D eigenvalue weighted by atomic mass is 35.5. The Kier molecular flexibility index (Phi) is 3.09. The summed E-state index contributed by atoms with van der Waals surface area (Å²) in [4.78, 5) is 11.9. The van der Waals surface area contributed by atoms with Gasteiger partial charge in [0, 0.05) is 22.9 Å². The molecule has 0 bridgehead atoms. The van der Waals surface area contributed by atoms with Gasteiger partial charge in [-0.15, -0.1) is 0 Å². The van der Waals surface area contributed by atoms with E-state index >= 15 is 0 Å². The first-order valence-corrected chi connectivity index (χ1v) is 6.82. The largest absolute Gasteiger partial charge is 0.294 e.